The van der Waals surface area contributed by atoms with Gasteiger partial charge in [0.25, 0.3) is 0 Å². The standard InChI is InChI=1S/C17H24N2O5/c1-2-24-16(21)5-3-4-12-6-8-13(9-7-12)19-14(17(22)23)10-11-15(18)20/h6-9,14,19H,2-5,10-11H2,1H3,(H2,18,20)(H,22,23)/t14-/m0/s1. The Labute approximate surface area is 141 Å². The molecular formula is C17H24N2O5. The van der Waals surface area contributed by atoms with Gasteiger partial charge in [-0.3, -0.25) is 9.59 Å². The van der Waals surface area contributed by atoms with E-state index < -0.39 is 17.9 Å². The first-order valence-electron chi connectivity index (χ1n) is 7.94. The van der Waals surface area contributed by atoms with E-state index >= 15 is 0 Å². The average molecular weight is 336 g/mol. The fourth-order valence-electron chi connectivity index (χ4n) is 2.18. The van der Waals surface area contributed by atoms with Gasteiger partial charge in [-0.2, -0.15) is 0 Å². The van der Waals surface area contributed by atoms with Gasteiger partial charge in [0.05, 0.1) is 6.61 Å². The summed E-state index contributed by atoms with van der Waals surface area (Å²) in [6.07, 6.45) is 1.95. The minimum atomic E-state index is -1.03. The molecule has 0 aromatic heterocycles. The Balaban J connectivity index is 2.49. The second kappa shape index (κ2) is 10.3. The van der Waals surface area contributed by atoms with E-state index in [1.165, 1.54) is 0 Å². The molecule has 1 aromatic carbocycles. The summed E-state index contributed by atoms with van der Waals surface area (Å²) in [6.45, 7) is 2.16. The highest BCUT2D eigenvalue weighted by Gasteiger charge is 2.17. The maximum absolute atomic E-state index is 11.3. The summed E-state index contributed by atoms with van der Waals surface area (Å²) in [5.41, 5.74) is 6.75. The number of carbonyl (C=O) groups excluding carboxylic acids is 2. The predicted octanol–water partition coefficient (Wildman–Crippen LogP) is 1.70. The van der Waals surface area contributed by atoms with Crippen molar-refractivity contribution in [1.82, 2.24) is 0 Å². The number of hydrogen-bond acceptors (Lipinski definition) is 5. The predicted molar refractivity (Wildman–Crippen MR) is 89.5 cm³/mol. The Morgan fingerprint density at radius 1 is 1.21 bits per heavy atom. The topological polar surface area (TPSA) is 119 Å². The number of aryl methyl sites for hydroxylation is 1. The van der Waals surface area contributed by atoms with Crippen molar-refractivity contribution in [3.63, 3.8) is 0 Å². The van der Waals surface area contributed by atoms with Crippen LogP contribution < -0.4 is 11.1 Å². The van der Waals surface area contributed by atoms with Crippen LogP contribution >= 0.6 is 0 Å². The third kappa shape index (κ3) is 7.62. The number of ether oxygens (including phenoxy) is 1. The number of primary amides is 1. The molecule has 0 saturated heterocycles. The number of carboxylic acids is 1. The van der Waals surface area contributed by atoms with E-state index in [-0.39, 0.29) is 18.8 Å². The van der Waals surface area contributed by atoms with Crippen molar-refractivity contribution in [1.29, 1.82) is 0 Å². The molecule has 0 radical (unpaired) electrons. The number of esters is 1. The van der Waals surface area contributed by atoms with Crippen LogP contribution in [0.25, 0.3) is 0 Å². The van der Waals surface area contributed by atoms with Gasteiger partial charge in [0.1, 0.15) is 6.04 Å². The molecule has 0 unspecified atom stereocenters. The lowest BCUT2D eigenvalue weighted by Gasteiger charge is -2.15. The summed E-state index contributed by atoms with van der Waals surface area (Å²) < 4.78 is 4.87. The molecule has 132 valence electrons. The van der Waals surface area contributed by atoms with Crippen LogP contribution in [-0.4, -0.2) is 35.6 Å². The smallest absolute Gasteiger partial charge is 0.326 e. The van der Waals surface area contributed by atoms with E-state index in [0.717, 1.165) is 12.0 Å². The summed E-state index contributed by atoms with van der Waals surface area (Å²) in [6, 6.07) is 6.44. The van der Waals surface area contributed by atoms with E-state index in [1.807, 2.05) is 12.1 Å². The fraction of sp³-hybridized carbons (Fsp3) is 0.471. The first kappa shape index (κ1) is 19.5. The van der Waals surface area contributed by atoms with E-state index in [1.54, 1.807) is 19.1 Å². The number of carboxylic acid groups (broad SMARTS) is 1. The zero-order valence-electron chi connectivity index (χ0n) is 13.8. The lowest BCUT2D eigenvalue weighted by molar-refractivity contribution is -0.143. The van der Waals surface area contributed by atoms with Gasteiger partial charge in [0, 0.05) is 18.5 Å². The normalized spacial score (nSPS) is 11.5. The molecule has 0 aliphatic rings. The molecule has 0 aliphatic heterocycles. The van der Waals surface area contributed by atoms with Crippen LogP contribution in [-0.2, 0) is 25.5 Å². The summed E-state index contributed by atoms with van der Waals surface area (Å²) >= 11 is 0. The van der Waals surface area contributed by atoms with E-state index in [2.05, 4.69) is 5.32 Å². The Kier molecular flexibility index (Phi) is 8.32. The lowest BCUT2D eigenvalue weighted by atomic mass is 10.1. The van der Waals surface area contributed by atoms with Crippen LogP contribution in [0.15, 0.2) is 24.3 Å². The zero-order chi connectivity index (χ0) is 17.9. The summed E-state index contributed by atoms with van der Waals surface area (Å²) in [5.74, 6) is -1.76. The van der Waals surface area contributed by atoms with Gasteiger partial charge >= 0.3 is 11.9 Å². The molecule has 0 bridgehead atoms. The van der Waals surface area contributed by atoms with E-state index in [9.17, 15) is 14.4 Å². The maximum Gasteiger partial charge on any atom is 0.326 e. The van der Waals surface area contributed by atoms with Crippen molar-refractivity contribution < 1.29 is 24.2 Å². The molecule has 1 amide bonds. The van der Waals surface area contributed by atoms with Gasteiger partial charge in [-0.1, -0.05) is 12.1 Å². The SMILES string of the molecule is CCOC(=O)CCCc1ccc(N[C@@H](CCC(N)=O)C(=O)O)cc1. The number of anilines is 1. The Hall–Kier alpha value is -2.57. The Morgan fingerprint density at radius 2 is 1.88 bits per heavy atom. The van der Waals surface area contributed by atoms with E-state index in [0.29, 0.717) is 25.1 Å². The molecular weight excluding hydrogens is 312 g/mol. The van der Waals surface area contributed by atoms with Crippen molar-refractivity contribution in [3.8, 4) is 0 Å². The highest BCUT2D eigenvalue weighted by atomic mass is 16.5. The number of carbonyl (C=O) groups is 3. The van der Waals surface area contributed by atoms with Crippen molar-refractivity contribution in [2.75, 3.05) is 11.9 Å². The van der Waals surface area contributed by atoms with Gasteiger partial charge in [-0.25, -0.2) is 4.79 Å². The van der Waals surface area contributed by atoms with Crippen molar-refractivity contribution in [2.24, 2.45) is 5.73 Å². The second-order valence-electron chi connectivity index (χ2n) is 5.40. The quantitative estimate of drug-likeness (QED) is 0.529. The monoisotopic (exact) mass is 336 g/mol. The summed E-state index contributed by atoms with van der Waals surface area (Å²) in [5, 5.41) is 12.0. The number of amides is 1. The molecule has 24 heavy (non-hydrogen) atoms. The molecule has 0 heterocycles. The number of rotatable bonds is 11. The van der Waals surface area contributed by atoms with Crippen LogP contribution in [0.5, 0.6) is 0 Å². The van der Waals surface area contributed by atoms with Crippen molar-refractivity contribution in [2.45, 2.75) is 45.1 Å². The molecule has 1 atom stereocenters. The van der Waals surface area contributed by atoms with Crippen LogP contribution in [0.1, 0.15) is 38.2 Å². The fourth-order valence-corrected chi connectivity index (χ4v) is 2.18. The first-order chi connectivity index (χ1) is 11.4. The highest BCUT2D eigenvalue weighted by molar-refractivity contribution is 5.79. The molecule has 4 N–H and O–H groups in total. The van der Waals surface area contributed by atoms with Gasteiger partial charge in [0.15, 0.2) is 0 Å². The third-order valence-electron chi connectivity index (χ3n) is 3.42. The van der Waals surface area contributed by atoms with E-state index in [4.69, 9.17) is 15.6 Å². The molecule has 1 rings (SSSR count). The second-order valence-corrected chi connectivity index (χ2v) is 5.40. The van der Waals surface area contributed by atoms with Gasteiger partial charge in [-0.05, 0) is 43.9 Å². The average Bonchev–Trinajstić information content (AvgIpc) is 2.52. The lowest BCUT2D eigenvalue weighted by Crippen LogP contribution is -2.30. The maximum atomic E-state index is 11.3. The number of nitrogens with two attached hydrogens (primary N) is 1. The van der Waals surface area contributed by atoms with Gasteiger partial charge < -0.3 is 20.9 Å². The number of nitrogens with one attached hydrogen (secondary N) is 1. The first-order valence-corrected chi connectivity index (χ1v) is 7.94. The summed E-state index contributed by atoms with van der Waals surface area (Å²) in [7, 11) is 0. The zero-order valence-corrected chi connectivity index (χ0v) is 13.8. The molecule has 0 fully saturated rings. The Morgan fingerprint density at radius 3 is 2.42 bits per heavy atom. The molecule has 7 heteroatoms. The molecule has 0 aliphatic carbocycles. The largest absolute Gasteiger partial charge is 0.480 e. The Bertz CT molecular complexity index is 557. The third-order valence-corrected chi connectivity index (χ3v) is 3.42. The number of aliphatic carboxylic acids is 1. The summed E-state index contributed by atoms with van der Waals surface area (Å²) in [4.78, 5) is 33.2. The molecule has 0 saturated carbocycles. The van der Waals surface area contributed by atoms with Crippen LogP contribution in [0, 0.1) is 0 Å². The highest BCUT2D eigenvalue weighted by Crippen LogP contribution is 2.14. The molecule has 7 nitrogen and oxygen atoms in total. The number of benzene rings is 1. The van der Waals surface area contributed by atoms with Gasteiger partial charge in [-0.15, -0.1) is 0 Å². The minimum Gasteiger partial charge on any atom is -0.480 e. The van der Waals surface area contributed by atoms with Crippen LogP contribution in [0.3, 0.4) is 0 Å². The van der Waals surface area contributed by atoms with Crippen LogP contribution in [0.4, 0.5) is 5.69 Å². The van der Waals surface area contributed by atoms with Gasteiger partial charge in [0.2, 0.25) is 5.91 Å². The molecule has 1 aromatic rings. The van der Waals surface area contributed by atoms with Crippen LogP contribution in [0.2, 0.25) is 0 Å². The number of hydrogen-bond donors (Lipinski definition) is 3. The van der Waals surface area contributed by atoms with Crippen molar-refractivity contribution >= 4 is 23.5 Å². The minimum absolute atomic E-state index is 0.00983. The van der Waals surface area contributed by atoms with Crippen molar-refractivity contribution in [3.05, 3.63) is 29.8 Å². The molecule has 0 spiro atoms.